The first-order valence-corrected chi connectivity index (χ1v) is 6.49. The Labute approximate surface area is 118 Å². The second-order valence-corrected chi connectivity index (χ2v) is 4.27. The molecule has 1 aromatic rings. The number of anilines is 1. The molecular formula is C14H21N3O3. The molecule has 1 aromatic carbocycles. The molecule has 20 heavy (non-hydrogen) atoms. The molecule has 0 fully saturated rings. The lowest BCUT2D eigenvalue weighted by Crippen LogP contribution is -2.41. The average Bonchev–Trinajstić information content (AvgIpc) is 2.46. The fourth-order valence-electron chi connectivity index (χ4n) is 1.66. The van der Waals surface area contributed by atoms with Crippen LogP contribution in [-0.2, 0) is 9.53 Å². The summed E-state index contributed by atoms with van der Waals surface area (Å²) >= 11 is 0. The number of rotatable bonds is 7. The number of amides is 2. The van der Waals surface area contributed by atoms with E-state index >= 15 is 0 Å². The molecule has 0 aliphatic carbocycles. The summed E-state index contributed by atoms with van der Waals surface area (Å²) in [5.74, 6) is -0.422. The van der Waals surface area contributed by atoms with Crippen molar-refractivity contribution in [2.24, 2.45) is 0 Å². The third-order valence-corrected chi connectivity index (χ3v) is 2.87. The molecule has 0 saturated heterocycles. The molecular weight excluding hydrogens is 258 g/mol. The van der Waals surface area contributed by atoms with Gasteiger partial charge in [0.2, 0.25) is 5.91 Å². The van der Waals surface area contributed by atoms with E-state index in [1.165, 1.54) is 0 Å². The fourth-order valence-corrected chi connectivity index (χ4v) is 1.66. The Balaban J connectivity index is 2.47. The Morgan fingerprint density at radius 3 is 2.50 bits per heavy atom. The maximum atomic E-state index is 11.9. The van der Waals surface area contributed by atoms with E-state index in [0.29, 0.717) is 30.9 Å². The van der Waals surface area contributed by atoms with Gasteiger partial charge >= 0.3 is 0 Å². The molecule has 0 unspecified atom stereocenters. The van der Waals surface area contributed by atoms with Crippen molar-refractivity contribution in [1.82, 2.24) is 10.2 Å². The van der Waals surface area contributed by atoms with Crippen molar-refractivity contribution >= 4 is 17.5 Å². The molecule has 0 aromatic heterocycles. The number of hydrogen-bond donors (Lipinski definition) is 2. The highest BCUT2D eigenvalue weighted by Crippen LogP contribution is 2.04. The molecule has 0 radical (unpaired) electrons. The number of hydrogen-bond acceptors (Lipinski definition) is 4. The van der Waals surface area contributed by atoms with Crippen molar-refractivity contribution in [3.63, 3.8) is 0 Å². The van der Waals surface area contributed by atoms with Gasteiger partial charge in [0.05, 0.1) is 13.2 Å². The number of nitrogens with two attached hydrogens (primary N) is 1. The van der Waals surface area contributed by atoms with E-state index in [9.17, 15) is 9.59 Å². The molecule has 110 valence electrons. The van der Waals surface area contributed by atoms with E-state index in [4.69, 9.17) is 10.5 Å². The summed E-state index contributed by atoms with van der Waals surface area (Å²) in [7, 11) is 1.58. The Kier molecular flexibility index (Phi) is 6.52. The van der Waals surface area contributed by atoms with Crippen LogP contribution in [0.4, 0.5) is 5.69 Å². The summed E-state index contributed by atoms with van der Waals surface area (Å²) < 4.78 is 4.94. The van der Waals surface area contributed by atoms with E-state index in [-0.39, 0.29) is 18.4 Å². The summed E-state index contributed by atoms with van der Waals surface area (Å²) in [5, 5.41) is 2.60. The summed E-state index contributed by atoms with van der Waals surface area (Å²) in [6.07, 6.45) is 0. The summed E-state index contributed by atoms with van der Waals surface area (Å²) in [4.78, 5) is 25.4. The summed E-state index contributed by atoms with van der Waals surface area (Å²) in [6.45, 7) is 3.44. The molecule has 0 saturated carbocycles. The monoisotopic (exact) mass is 279 g/mol. The van der Waals surface area contributed by atoms with Crippen LogP contribution >= 0.6 is 0 Å². The van der Waals surface area contributed by atoms with Gasteiger partial charge in [-0.3, -0.25) is 9.59 Å². The molecule has 0 bridgehead atoms. The van der Waals surface area contributed by atoms with E-state index in [0.717, 1.165) is 0 Å². The normalized spacial score (nSPS) is 10.1. The molecule has 2 amide bonds. The minimum atomic E-state index is -0.291. The fraction of sp³-hybridized carbons (Fsp3) is 0.429. The van der Waals surface area contributed by atoms with Gasteiger partial charge in [0.1, 0.15) is 0 Å². The second kappa shape index (κ2) is 8.16. The highest BCUT2D eigenvalue weighted by atomic mass is 16.5. The zero-order chi connectivity index (χ0) is 15.0. The summed E-state index contributed by atoms with van der Waals surface area (Å²) in [6, 6.07) is 6.54. The first kappa shape index (κ1) is 16.0. The van der Waals surface area contributed by atoms with Crippen LogP contribution in [0.1, 0.15) is 17.3 Å². The van der Waals surface area contributed by atoms with Crippen molar-refractivity contribution in [2.75, 3.05) is 39.1 Å². The van der Waals surface area contributed by atoms with Crippen molar-refractivity contribution < 1.29 is 14.3 Å². The van der Waals surface area contributed by atoms with Gasteiger partial charge in [-0.15, -0.1) is 0 Å². The molecule has 6 nitrogen and oxygen atoms in total. The minimum absolute atomic E-state index is 0.0270. The Bertz CT molecular complexity index is 445. The first-order chi connectivity index (χ1) is 9.58. The number of nitrogen functional groups attached to an aromatic ring is 1. The van der Waals surface area contributed by atoms with E-state index < -0.39 is 0 Å². The highest BCUT2D eigenvalue weighted by molar-refractivity contribution is 5.96. The highest BCUT2D eigenvalue weighted by Gasteiger charge is 2.13. The quantitative estimate of drug-likeness (QED) is 0.712. The van der Waals surface area contributed by atoms with Gasteiger partial charge in [-0.25, -0.2) is 0 Å². The molecule has 6 heteroatoms. The molecule has 0 spiro atoms. The van der Waals surface area contributed by atoms with Crippen LogP contribution < -0.4 is 11.1 Å². The smallest absolute Gasteiger partial charge is 0.251 e. The Morgan fingerprint density at radius 1 is 1.30 bits per heavy atom. The van der Waals surface area contributed by atoms with Gasteiger partial charge in [-0.05, 0) is 31.2 Å². The largest absolute Gasteiger partial charge is 0.399 e. The Hall–Kier alpha value is -2.08. The van der Waals surface area contributed by atoms with Gasteiger partial charge in [0.15, 0.2) is 0 Å². The van der Waals surface area contributed by atoms with Crippen LogP contribution in [0.3, 0.4) is 0 Å². The van der Waals surface area contributed by atoms with Crippen LogP contribution in [-0.4, -0.2) is 50.1 Å². The van der Waals surface area contributed by atoms with Crippen molar-refractivity contribution in [1.29, 1.82) is 0 Å². The number of nitrogens with one attached hydrogen (secondary N) is 1. The van der Waals surface area contributed by atoms with Crippen molar-refractivity contribution in [3.8, 4) is 0 Å². The average molecular weight is 279 g/mol. The van der Waals surface area contributed by atoms with Crippen LogP contribution in [0.15, 0.2) is 24.3 Å². The number of likely N-dealkylation sites (N-methyl/N-ethyl adjacent to an activating group) is 1. The summed E-state index contributed by atoms with van der Waals surface area (Å²) in [5.41, 5.74) is 6.62. The molecule has 3 N–H and O–H groups in total. The predicted octanol–water partition coefficient (Wildman–Crippen LogP) is 0.494. The molecule has 0 heterocycles. The number of carbonyl (C=O) groups is 2. The zero-order valence-corrected chi connectivity index (χ0v) is 11.9. The third kappa shape index (κ3) is 4.89. The third-order valence-electron chi connectivity index (χ3n) is 2.87. The zero-order valence-electron chi connectivity index (χ0n) is 11.9. The number of carbonyl (C=O) groups excluding carboxylic acids is 2. The maximum Gasteiger partial charge on any atom is 0.251 e. The Morgan fingerprint density at radius 2 is 1.95 bits per heavy atom. The van der Waals surface area contributed by atoms with Crippen LogP contribution in [0, 0.1) is 0 Å². The maximum absolute atomic E-state index is 11.9. The lowest BCUT2D eigenvalue weighted by molar-refractivity contribution is -0.130. The van der Waals surface area contributed by atoms with E-state index in [2.05, 4.69) is 5.32 Å². The van der Waals surface area contributed by atoms with Crippen LogP contribution in [0.25, 0.3) is 0 Å². The van der Waals surface area contributed by atoms with Crippen LogP contribution in [0.2, 0.25) is 0 Å². The van der Waals surface area contributed by atoms with E-state index in [1.807, 2.05) is 6.92 Å². The van der Waals surface area contributed by atoms with Gasteiger partial charge in [-0.2, -0.15) is 0 Å². The van der Waals surface area contributed by atoms with Crippen molar-refractivity contribution in [3.05, 3.63) is 29.8 Å². The van der Waals surface area contributed by atoms with E-state index in [1.54, 1.807) is 36.3 Å². The first-order valence-electron chi connectivity index (χ1n) is 6.49. The number of methoxy groups -OCH3 is 1. The SMILES string of the molecule is CCN(CCOC)C(=O)CNC(=O)c1ccc(N)cc1. The number of benzene rings is 1. The lowest BCUT2D eigenvalue weighted by atomic mass is 10.2. The van der Waals surface area contributed by atoms with Gasteiger partial charge in [0, 0.05) is 31.5 Å². The van der Waals surface area contributed by atoms with Crippen molar-refractivity contribution in [2.45, 2.75) is 6.92 Å². The predicted molar refractivity (Wildman–Crippen MR) is 77.3 cm³/mol. The molecule has 1 rings (SSSR count). The van der Waals surface area contributed by atoms with Crippen LogP contribution in [0.5, 0.6) is 0 Å². The second-order valence-electron chi connectivity index (χ2n) is 4.27. The van der Waals surface area contributed by atoms with Gasteiger partial charge in [-0.1, -0.05) is 0 Å². The molecule has 0 aliphatic heterocycles. The lowest BCUT2D eigenvalue weighted by Gasteiger charge is -2.20. The number of ether oxygens (including phenoxy) is 1. The minimum Gasteiger partial charge on any atom is -0.399 e. The van der Waals surface area contributed by atoms with Gasteiger partial charge < -0.3 is 20.7 Å². The standard InChI is InChI=1S/C14H21N3O3/c1-3-17(8-9-20-2)13(18)10-16-14(19)11-4-6-12(15)7-5-11/h4-7H,3,8-10,15H2,1-2H3,(H,16,19). The molecule has 0 atom stereocenters. The number of nitrogens with zero attached hydrogens (tertiary/aromatic N) is 1. The topological polar surface area (TPSA) is 84.7 Å². The van der Waals surface area contributed by atoms with Gasteiger partial charge in [0.25, 0.3) is 5.91 Å². The molecule has 0 aliphatic rings.